The number of nitrogens with zero attached hydrogens (tertiary/aromatic N) is 2. The zero-order chi connectivity index (χ0) is 16.6. The van der Waals surface area contributed by atoms with E-state index in [0.29, 0.717) is 22.4 Å². The minimum Gasteiger partial charge on any atom is -0.496 e. The van der Waals surface area contributed by atoms with Gasteiger partial charge in [0.1, 0.15) is 11.3 Å². The van der Waals surface area contributed by atoms with Crippen LogP contribution in [0.2, 0.25) is 0 Å². The molecule has 0 aliphatic carbocycles. The van der Waals surface area contributed by atoms with Crippen molar-refractivity contribution >= 4 is 16.9 Å². The van der Waals surface area contributed by atoms with Crippen LogP contribution in [0.15, 0.2) is 36.7 Å². The molecule has 0 fully saturated rings. The van der Waals surface area contributed by atoms with E-state index in [1.165, 1.54) is 0 Å². The van der Waals surface area contributed by atoms with Gasteiger partial charge >= 0.3 is 0 Å². The molecule has 3 aromatic rings. The summed E-state index contributed by atoms with van der Waals surface area (Å²) in [6, 6.07) is 7.62. The third kappa shape index (κ3) is 2.70. The highest BCUT2D eigenvalue weighted by Gasteiger charge is 2.26. The molecule has 23 heavy (non-hydrogen) atoms. The maximum absolute atomic E-state index is 12.6. The molecule has 0 atom stereocenters. The second-order valence-corrected chi connectivity index (χ2v) is 6.43. The predicted molar refractivity (Wildman–Crippen MR) is 89.7 cm³/mol. The van der Waals surface area contributed by atoms with Crippen molar-refractivity contribution in [3.63, 3.8) is 0 Å². The second kappa shape index (κ2) is 5.50. The number of carbonyl (C=O) groups excluding carboxylic acids is 1. The van der Waals surface area contributed by atoms with Crippen molar-refractivity contribution in [1.82, 2.24) is 15.0 Å². The average Bonchev–Trinajstić information content (AvgIpc) is 2.96. The highest BCUT2D eigenvalue weighted by molar-refractivity contribution is 6.08. The summed E-state index contributed by atoms with van der Waals surface area (Å²) in [5, 5.41) is 0. The Morgan fingerprint density at radius 3 is 2.65 bits per heavy atom. The molecule has 0 spiro atoms. The monoisotopic (exact) mass is 309 g/mol. The van der Waals surface area contributed by atoms with Gasteiger partial charge in [-0.1, -0.05) is 32.9 Å². The van der Waals surface area contributed by atoms with Crippen molar-refractivity contribution in [2.24, 2.45) is 5.41 Å². The minimum atomic E-state index is -0.475. The Kier molecular flexibility index (Phi) is 3.64. The number of H-pyrrole nitrogens is 1. The smallest absolute Gasteiger partial charge is 0.171 e. The Balaban J connectivity index is 2.17. The van der Waals surface area contributed by atoms with Crippen LogP contribution < -0.4 is 4.74 Å². The lowest BCUT2D eigenvalue weighted by molar-refractivity contribution is 0.0860. The highest BCUT2D eigenvalue weighted by atomic mass is 16.5. The molecule has 0 saturated carbocycles. The van der Waals surface area contributed by atoms with Gasteiger partial charge in [-0.05, 0) is 12.1 Å². The van der Waals surface area contributed by atoms with Crippen LogP contribution in [0.1, 0.15) is 31.1 Å². The summed E-state index contributed by atoms with van der Waals surface area (Å²) >= 11 is 0. The van der Waals surface area contributed by atoms with E-state index in [1.54, 1.807) is 19.5 Å². The van der Waals surface area contributed by atoms with Crippen molar-refractivity contribution in [1.29, 1.82) is 0 Å². The summed E-state index contributed by atoms with van der Waals surface area (Å²) in [5.41, 5.74) is 2.82. The maximum Gasteiger partial charge on any atom is 0.171 e. The molecule has 0 amide bonds. The molecule has 1 aromatic carbocycles. The number of methoxy groups -OCH3 is 1. The number of hydrogen-bond acceptors (Lipinski definition) is 4. The first-order valence-corrected chi connectivity index (χ1v) is 7.44. The average molecular weight is 309 g/mol. The molecular weight excluding hydrogens is 290 g/mol. The van der Waals surface area contributed by atoms with Crippen LogP contribution in [-0.2, 0) is 0 Å². The van der Waals surface area contributed by atoms with Gasteiger partial charge in [-0.15, -0.1) is 0 Å². The number of rotatable bonds is 3. The summed E-state index contributed by atoms with van der Waals surface area (Å²) < 4.78 is 5.38. The van der Waals surface area contributed by atoms with Gasteiger partial charge < -0.3 is 9.72 Å². The molecule has 0 aliphatic rings. The summed E-state index contributed by atoms with van der Waals surface area (Å²) in [4.78, 5) is 24.7. The summed E-state index contributed by atoms with van der Waals surface area (Å²) in [5.74, 6) is 0.760. The number of ketones is 1. The van der Waals surface area contributed by atoms with Crippen LogP contribution in [0, 0.1) is 5.41 Å². The topological polar surface area (TPSA) is 67.9 Å². The van der Waals surface area contributed by atoms with Crippen molar-refractivity contribution in [3.05, 3.63) is 42.2 Å². The van der Waals surface area contributed by atoms with E-state index in [9.17, 15) is 4.79 Å². The van der Waals surface area contributed by atoms with Crippen molar-refractivity contribution in [2.45, 2.75) is 20.8 Å². The molecule has 1 N–H and O–H groups in total. The Morgan fingerprint density at radius 1 is 1.22 bits per heavy atom. The number of nitrogens with one attached hydrogen (secondary N) is 1. The summed E-state index contributed by atoms with van der Waals surface area (Å²) in [6.45, 7) is 5.68. The largest absolute Gasteiger partial charge is 0.496 e. The van der Waals surface area contributed by atoms with Crippen LogP contribution in [0.4, 0.5) is 0 Å². The number of aromatic amines is 1. The lowest BCUT2D eigenvalue weighted by atomic mass is 9.87. The number of para-hydroxylation sites is 1. The molecule has 5 nitrogen and oxygen atoms in total. The number of benzene rings is 1. The van der Waals surface area contributed by atoms with Crippen LogP contribution >= 0.6 is 0 Å². The molecule has 2 heterocycles. The highest BCUT2D eigenvalue weighted by Crippen LogP contribution is 2.30. The fraction of sp³-hybridized carbons (Fsp3) is 0.278. The molecule has 0 unspecified atom stereocenters. The van der Waals surface area contributed by atoms with Gasteiger partial charge in [-0.25, -0.2) is 9.97 Å². The molecule has 0 radical (unpaired) electrons. The van der Waals surface area contributed by atoms with Crippen molar-refractivity contribution in [2.75, 3.05) is 7.11 Å². The SMILES string of the molecule is COc1ccccc1-c1cnc2[nH]cc(C(=O)C(C)(C)C)c2n1. The van der Waals surface area contributed by atoms with E-state index in [2.05, 4.69) is 15.0 Å². The van der Waals surface area contributed by atoms with Gasteiger partial charge in [0.25, 0.3) is 0 Å². The Bertz CT molecular complexity index is 875. The first kappa shape index (κ1) is 15.2. The summed E-state index contributed by atoms with van der Waals surface area (Å²) in [6.07, 6.45) is 3.37. The quantitative estimate of drug-likeness (QED) is 0.746. The normalized spacial score (nSPS) is 11.7. The molecule has 2 aromatic heterocycles. The molecule has 0 aliphatic heterocycles. The van der Waals surface area contributed by atoms with E-state index in [0.717, 1.165) is 11.3 Å². The van der Waals surface area contributed by atoms with E-state index >= 15 is 0 Å². The lowest BCUT2D eigenvalue weighted by Crippen LogP contribution is -2.20. The number of fused-ring (bicyclic) bond motifs is 1. The Labute approximate surface area is 134 Å². The number of carbonyl (C=O) groups is 1. The third-order valence-corrected chi connectivity index (χ3v) is 3.69. The zero-order valence-electron chi connectivity index (χ0n) is 13.7. The zero-order valence-corrected chi connectivity index (χ0v) is 13.7. The molecule has 5 heteroatoms. The van der Waals surface area contributed by atoms with Crippen LogP contribution in [0.5, 0.6) is 5.75 Å². The van der Waals surface area contributed by atoms with Crippen LogP contribution in [0.25, 0.3) is 22.4 Å². The maximum atomic E-state index is 12.6. The first-order valence-electron chi connectivity index (χ1n) is 7.44. The standard InChI is InChI=1S/C18H19N3O2/c1-18(2,3)16(22)12-9-19-17-15(12)21-13(10-20-17)11-7-5-6-8-14(11)23-4/h5-10H,1-4H3,(H,19,20). The van der Waals surface area contributed by atoms with Gasteiger partial charge in [-0.2, -0.15) is 0 Å². The van der Waals surface area contributed by atoms with Gasteiger partial charge in [-0.3, -0.25) is 4.79 Å². The molecule has 0 saturated heterocycles. The van der Waals surface area contributed by atoms with Crippen LogP contribution in [-0.4, -0.2) is 27.8 Å². The number of aromatic nitrogens is 3. The molecule has 118 valence electrons. The Hall–Kier alpha value is -2.69. The van der Waals surface area contributed by atoms with Crippen LogP contribution in [0.3, 0.4) is 0 Å². The van der Waals surface area contributed by atoms with Gasteiger partial charge in [0.15, 0.2) is 11.4 Å². The van der Waals surface area contributed by atoms with Gasteiger partial charge in [0, 0.05) is 17.2 Å². The van der Waals surface area contributed by atoms with E-state index in [4.69, 9.17) is 4.74 Å². The number of hydrogen-bond donors (Lipinski definition) is 1. The van der Waals surface area contributed by atoms with Crippen molar-refractivity contribution in [3.8, 4) is 17.0 Å². The van der Waals surface area contributed by atoms with E-state index in [-0.39, 0.29) is 5.78 Å². The van der Waals surface area contributed by atoms with Gasteiger partial charge in [0.2, 0.25) is 0 Å². The fourth-order valence-corrected chi connectivity index (χ4v) is 2.45. The number of ether oxygens (including phenoxy) is 1. The minimum absolute atomic E-state index is 0.0372. The van der Waals surface area contributed by atoms with Crippen molar-refractivity contribution < 1.29 is 9.53 Å². The van der Waals surface area contributed by atoms with E-state index < -0.39 is 5.41 Å². The fourth-order valence-electron chi connectivity index (χ4n) is 2.45. The third-order valence-electron chi connectivity index (χ3n) is 3.69. The Morgan fingerprint density at radius 2 is 1.96 bits per heavy atom. The van der Waals surface area contributed by atoms with Gasteiger partial charge in [0.05, 0.1) is 24.6 Å². The second-order valence-electron chi connectivity index (χ2n) is 6.43. The summed E-state index contributed by atoms with van der Waals surface area (Å²) in [7, 11) is 1.62. The first-order chi connectivity index (χ1) is 10.9. The lowest BCUT2D eigenvalue weighted by Gasteiger charge is -2.15. The molecule has 0 bridgehead atoms. The van der Waals surface area contributed by atoms with E-state index in [1.807, 2.05) is 45.0 Å². The molecule has 3 rings (SSSR count). The predicted octanol–water partition coefficient (Wildman–Crippen LogP) is 3.86. The number of Topliss-reactive ketones (excluding diaryl/α,β-unsaturated/α-hetero) is 1. The molecular formula is C18H19N3O2.